The number of carboxylic acid groups (broad SMARTS) is 1. The topological polar surface area (TPSA) is 112 Å². The molecule has 2 rings (SSSR count). The number of carbonyl (C=O) groups is 2. The fourth-order valence-corrected chi connectivity index (χ4v) is 1.93. The minimum atomic E-state index is -1.65. The first kappa shape index (κ1) is 15.2. The summed E-state index contributed by atoms with van der Waals surface area (Å²) in [4.78, 5) is 33.5. The van der Waals surface area contributed by atoms with E-state index in [4.69, 9.17) is 0 Å². The van der Waals surface area contributed by atoms with Gasteiger partial charge in [-0.2, -0.15) is 0 Å². The Hall–Kier alpha value is -3.22. The minimum Gasteiger partial charge on any atom is -0.545 e. The Morgan fingerprint density at radius 1 is 1.09 bits per heavy atom. The van der Waals surface area contributed by atoms with Crippen LogP contribution in [-0.4, -0.2) is 16.8 Å². The van der Waals surface area contributed by atoms with Gasteiger partial charge in [0.2, 0.25) is 0 Å². The van der Waals surface area contributed by atoms with Crippen LogP contribution in [-0.2, 0) is 0 Å². The van der Waals surface area contributed by atoms with Gasteiger partial charge in [-0.05, 0) is 19.1 Å². The molecule has 0 saturated heterocycles. The normalized spacial score (nSPS) is 10.0. The lowest BCUT2D eigenvalue weighted by molar-refractivity contribution is -0.385. The third-order valence-electron chi connectivity index (χ3n) is 3.00. The van der Waals surface area contributed by atoms with Crippen LogP contribution in [0.2, 0.25) is 0 Å². The zero-order chi connectivity index (χ0) is 16.3. The lowest BCUT2D eigenvalue weighted by Crippen LogP contribution is -2.27. The van der Waals surface area contributed by atoms with Gasteiger partial charge in [-0.3, -0.25) is 14.9 Å². The number of carbonyl (C=O) groups excluding carboxylic acids is 2. The number of hydrogen-bond donors (Lipinski definition) is 1. The van der Waals surface area contributed by atoms with Gasteiger partial charge in [-0.1, -0.05) is 29.8 Å². The number of hydrogen-bond acceptors (Lipinski definition) is 5. The first-order valence-corrected chi connectivity index (χ1v) is 6.27. The molecule has 22 heavy (non-hydrogen) atoms. The molecule has 1 N–H and O–H groups in total. The molecule has 0 atom stereocenters. The van der Waals surface area contributed by atoms with E-state index >= 15 is 0 Å². The molecule has 0 spiro atoms. The van der Waals surface area contributed by atoms with Crippen LogP contribution in [0.15, 0.2) is 42.5 Å². The van der Waals surface area contributed by atoms with Gasteiger partial charge in [0, 0.05) is 17.3 Å². The predicted octanol–water partition coefficient (Wildman–Crippen LogP) is 1.52. The van der Waals surface area contributed by atoms with Gasteiger partial charge < -0.3 is 15.2 Å². The van der Waals surface area contributed by atoms with Gasteiger partial charge in [-0.25, -0.2) is 0 Å². The van der Waals surface area contributed by atoms with Crippen LogP contribution >= 0.6 is 0 Å². The number of nitro groups is 1. The second-order valence-electron chi connectivity index (χ2n) is 4.56. The molecule has 0 unspecified atom stereocenters. The zero-order valence-corrected chi connectivity index (χ0v) is 11.5. The monoisotopic (exact) mass is 299 g/mol. The number of aromatic carboxylic acids is 1. The largest absolute Gasteiger partial charge is 0.545 e. The molecule has 7 nitrogen and oxygen atoms in total. The molecule has 0 aromatic heterocycles. The van der Waals surface area contributed by atoms with Gasteiger partial charge >= 0.3 is 0 Å². The molecular formula is C15H11N2O5-. The smallest absolute Gasteiger partial charge is 0.282 e. The van der Waals surface area contributed by atoms with Gasteiger partial charge in [0.05, 0.1) is 10.9 Å². The van der Waals surface area contributed by atoms with E-state index in [0.717, 1.165) is 17.7 Å². The first-order chi connectivity index (χ1) is 10.4. The summed E-state index contributed by atoms with van der Waals surface area (Å²) in [7, 11) is 0. The Kier molecular flexibility index (Phi) is 4.17. The van der Waals surface area contributed by atoms with Crippen LogP contribution in [0.3, 0.4) is 0 Å². The van der Waals surface area contributed by atoms with Crippen LogP contribution in [0.5, 0.6) is 0 Å². The van der Waals surface area contributed by atoms with Crippen molar-refractivity contribution in [2.24, 2.45) is 0 Å². The summed E-state index contributed by atoms with van der Waals surface area (Å²) in [5.74, 6) is -2.53. The maximum Gasteiger partial charge on any atom is 0.282 e. The highest BCUT2D eigenvalue weighted by Gasteiger charge is 2.24. The van der Waals surface area contributed by atoms with E-state index in [1.807, 2.05) is 6.92 Å². The van der Waals surface area contributed by atoms with Crippen molar-refractivity contribution in [1.29, 1.82) is 0 Å². The van der Waals surface area contributed by atoms with Crippen molar-refractivity contribution in [3.63, 3.8) is 0 Å². The minimum absolute atomic E-state index is 0.401. The number of nitro benzene ring substituents is 1. The summed E-state index contributed by atoms with van der Waals surface area (Å²) >= 11 is 0. The highest BCUT2D eigenvalue weighted by Crippen LogP contribution is 2.23. The van der Waals surface area contributed by atoms with Gasteiger partial charge in [0.25, 0.3) is 11.6 Å². The summed E-state index contributed by atoms with van der Waals surface area (Å²) in [6.45, 7) is 1.86. The third-order valence-corrected chi connectivity index (χ3v) is 3.00. The van der Waals surface area contributed by atoms with Crippen LogP contribution in [0.4, 0.5) is 11.4 Å². The van der Waals surface area contributed by atoms with Crippen molar-refractivity contribution in [3.05, 3.63) is 69.3 Å². The molecule has 2 aromatic carbocycles. The summed E-state index contributed by atoms with van der Waals surface area (Å²) in [5.41, 5.74) is -0.282. The summed E-state index contributed by atoms with van der Waals surface area (Å²) in [6, 6.07) is 10.1. The Bertz CT molecular complexity index is 721. The highest BCUT2D eigenvalue weighted by molar-refractivity contribution is 6.13. The van der Waals surface area contributed by atoms with E-state index in [1.165, 1.54) is 6.07 Å². The molecule has 0 saturated carbocycles. The van der Waals surface area contributed by atoms with E-state index in [9.17, 15) is 24.8 Å². The summed E-state index contributed by atoms with van der Waals surface area (Å²) in [5, 5.41) is 24.5. The van der Waals surface area contributed by atoms with Crippen molar-refractivity contribution in [2.45, 2.75) is 6.92 Å². The standard InChI is InChI=1S/C15H12N2O5/c1-9-5-7-10(8-6-9)16-14(18)13-11(15(19)20)3-2-4-12(13)17(21)22/h2-8H,1H3,(H,16,18)(H,19,20)/p-1. The average Bonchev–Trinajstić information content (AvgIpc) is 2.48. The number of nitrogens with zero attached hydrogens (tertiary/aromatic N) is 1. The van der Waals surface area contributed by atoms with Crippen LogP contribution in [0.25, 0.3) is 0 Å². The number of anilines is 1. The molecule has 0 radical (unpaired) electrons. The maximum absolute atomic E-state index is 12.2. The molecule has 0 bridgehead atoms. The van der Waals surface area contributed by atoms with E-state index < -0.39 is 33.6 Å². The van der Waals surface area contributed by atoms with E-state index in [0.29, 0.717) is 5.69 Å². The van der Waals surface area contributed by atoms with Gasteiger partial charge in [-0.15, -0.1) is 0 Å². The Morgan fingerprint density at radius 2 is 1.73 bits per heavy atom. The van der Waals surface area contributed by atoms with Crippen molar-refractivity contribution in [2.75, 3.05) is 5.32 Å². The number of aryl methyl sites for hydroxylation is 1. The summed E-state index contributed by atoms with van der Waals surface area (Å²) in [6.07, 6.45) is 0. The van der Waals surface area contributed by atoms with Crippen LogP contribution in [0.1, 0.15) is 26.3 Å². The van der Waals surface area contributed by atoms with Crippen molar-refractivity contribution in [3.8, 4) is 0 Å². The van der Waals surface area contributed by atoms with E-state index in [-0.39, 0.29) is 0 Å². The number of rotatable bonds is 4. The van der Waals surface area contributed by atoms with Gasteiger partial charge in [0.1, 0.15) is 5.56 Å². The molecule has 0 aliphatic heterocycles. The van der Waals surface area contributed by atoms with Crippen molar-refractivity contribution < 1.29 is 19.6 Å². The molecule has 0 aliphatic carbocycles. The first-order valence-electron chi connectivity index (χ1n) is 6.27. The summed E-state index contributed by atoms with van der Waals surface area (Å²) < 4.78 is 0. The van der Waals surface area contributed by atoms with Crippen molar-refractivity contribution in [1.82, 2.24) is 0 Å². The van der Waals surface area contributed by atoms with E-state index in [1.54, 1.807) is 24.3 Å². The van der Waals surface area contributed by atoms with Crippen LogP contribution in [0, 0.1) is 17.0 Å². The Labute approximate surface area is 125 Å². The quantitative estimate of drug-likeness (QED) is 0.679. The molecular weight excluding hydrogens is 288 g/mol. The highest BCUT2D eigenvalue weighted by atomic mass is 16.6. The zero-order valence-electron chi connectivity index (χ0n) is 11.5. The van der Waals surface area contributed by atoms with Crippen LogP contribution < -0.4 is 10.4 Å². The lowest BCUT2D eigenvalue weighted by atomic mass is 10.0. The average molecular weight is 299 g/mol. The molecule has 112 valence electrons. The maximum atomic E-state index is 12.2. The number of nitrogens with one attached hydrogen (secondary N) is 1. The van der Waals surface area contributed by atoms with Gasteiger partial charge in [0.15, 0.2) is 0 Å². The third kappa shape index (κ3) is 3.09. The fraction of sp³-hybridized carbons (Fsp3) is 0.0667. The van der Waals surface area contributed by atoms with Crippen molar-refractivity contribution >= 4 is 23.3 Å². The molecule has 0 fully saturated rings. The SMILES string of the molecule is Cc1ccc(NC(=O)c2c(C(=O)[O-])cccc2[N+](=O)[O-])cc1. The molecule has 0 aliphatic rings. The second kappa shape index (κ2) is 6.04. The number of amides is 1. The number of benzene rings is 2. The molecule has 1 amide bonds. The van der Waals surface area contributed by atoms with E-state index in [2.05, 4.69) is 5.32 Å². The predicted molar refractivity (Wildman–Crippen MR) is 76.6 cm³/mol. The fourth-order valence-electron chi connectivity index (χ4n) is 1.93. The molecule has 2 aromatic rings. The second-order valence-corrected chi connectivity index (χ2v) is 4.56. The Morgan fingerprint density at radius 3 is 2.27 bits per heavy atom. The molecule has 7 heteroatoms. The Balaban J connectivity index is 2.45. The number of carboxylic acids is 1. The lowest BCUT2D eigenvalue weighted by Gasteiger charge is -2.11. The molecule has 0 heterocycles.